The van der Waals surface area contributed by atoms with Crippen LogP contribution in [0.5, 0.6) is 0 Å². The number of hydrogen-bond acceptors (Lipinski definition) is 2. The monoisotopic (exact) mass is 137 g/mol. The largest absolute Gasteiger partial charge is 0.298 e. The number of rotatable bonds is 2. The smallest absolute Gasteiger partial charge is 0.217 e. The topological polar surface area (TPSA) is 46.2 Å². The van der Waals surface area contributed by atoms with E-state index in [1.54, 1.807) is 0 Å². The molecule has 0 aromatic heterocycles. The predicted molar refractivity (Wildman–Crippen MR) is 35.1 cm³/mol. The minimum atomic E-state index is -2.76. The van der Waals surface area contributed by atoms with E-state index in [4.69, 9.17) is 0 Å². The van der Waals surface area contributed by atoms with Gasteiger partial charge >= 0.3 is 0 Å². The lowest BCUT2D eigenvalue weighted by Crippen LogP contribution is -2.42. The molecule has 0 unspecified atom stereocenters. The molecule has 3 nitrogen and oxygen atoms in total. The van der Waals surface area contributed by atoms with E-state index >= 15 is 0 Å². The van der Waals surface area contributed by atoms with Gasteiger partial charge in [0.05, 0.1) is 0 Å². The van der Waals surface area contributed by atoms with Crippen LogP contribution in [0, 0.1) is 0 Å². The van der Waals surface area contributed by atoms with Crippen molar-refractivity contribution in [1.82, 2.24) is 4.72 Å². The standard InChI is InChI=1S/C4H11NO2S/c1-8(2,3,7)5-4-6/h4H,1-3H3,(H,5,6,7). The quantitative estimate of drug-likeness (QED) is 0.514. The molecule has 0 aromatic rings. The molecule has 0 saturated heterocycles. The molecular weight excluding hydrogens is 126 g/mol. The summed E-state index contributed by atoms with van der Waals surface area (Å²) in [6.07, 6.45) is 4.97. The van der Waals surface area contributed by atoms with Gasteiger partial charge in [-0.3, -0.25) is 13.7 Å². The van der Waals surface area contributed by atoms with Crippen LogP contribution < -0.4 is 4.72 Å². The van der Waals surface area contributed by atoms with Crippen molar-refractivity contribution in [1.29, 1.82) is 0 Å². The van der Waals surface area contributed by atoms with Gasteiger partial charge in [-0.25, -0.2) is 0 Å². The number of nitrogens with one attached hydrogen (secondary N) is 1. The highest BCUT2D eigenvalue weighted by atomic mass is 32.3. The van der Waals surface area contributed by atoms with Crippen LogP contribution in [0.1, 0.15) is 0 Å². The maximum atomic E-state index is 11.0. The molecule has 4 heteroatoms. The Morgan fingerprint density at radius 1 is 1.38 bits per heavy atom. The Bertz CT molecular complexity index is 146. The van der Waals surface area contributed by atoms with Gasteiger partial charge in [0.1, 0.15) is 0 Å². The molecule has 0 aliphatic carbocycles. The minimum Gasteiger partial charge on any atom is -0.298 e. The molecule has 0 aliphatic heterocycles. The summed E-state index contributed by atoms with van der Waals surface area (Å²) in [5.74, 6) is 0. The van der Waals surface area contributed by atoms with E-state index in [1.807, 2.05) is 0 Å². The molecule has 1 N–H and O–H groups in total. The summed E-state index contributed by atoms with van der Waals surface area (Å²) < 4.78 is 13.3. The van der Waals surface area contributed by atoms with Gasteiger partial charge in [0.25, 0.3) is 0 Å². The molecule has 0 bridgehead atoms. The summed E-state index contributed by atoms with van der Waals surface area (Å²) in [5, 5.41) is 0. The van der Waals surface area contributed by atoms with Gasteiger partial charge in [0.15, 0.2) is 0 Å². The third-order valence-corrected chi connectivity index (χ3v) is 1.35. The second-order valence-corrected chi connectivity index (χ2v) is 7.73. The fourth-order valence-corrected chi connectivity index (χ4v) is 0.492. The van der Waals surface area contributed by atoms with Gasteiger partial charge in [-0.15, -0.1) is 0 Å². The average Bonchev–Trinajstić information content (AvgIpc) is 1.25. The number of hydrogen-bond donors (Lipinski definition) is 1. The maximum Gasteiger partial charge on any atom is 0.217 e. The van der Waals surface area contributed by atoms with Gasteiger partial charge in [-0.2, -0.15) is 0 Å². The summed E-state index contributed by atoms with van der Waals surface area (Å²) in [4.78, 5) is 9.74. The van der Waals surface area contributed by atoms with E-state index < -0.39 is 9.25 Å². The minimum absolute atomic E-state index is 0.453. The van der Waals surface area contributed by atoms with Gasteiger partial charge in [-0.1, -0.05) is 0 Å². The summed E-state index contributed by atoms with van der Waals surface area (Å²) in [6.45, 7) is 0. The van der Waals surface area contributed by atoms with Crippen LogP contribution >= 0.6 is 0 Å². The van der Waals surface area contributed by atoms with Crippen LogP contribution in [-0.4, -0.2) is 29.4 Å². The first-order chi connectivity index (χ1) is 3.31. The van der Waals surface area contributed by atoms with Gasteiger partial charge in [-0.05, 0) is 9.25 Å². The third kappa shape index (κ3) is 5.62. The van der Waals surface area contributed by atoms with E-state index in [9.17, 15) is 9.00 Å². The molecular formula is C4H11NO2S. The molecule has 0 spiro atoms. The molecule has 8 heavy (non-hydrogen) atoms. The van der Waals surface area contributed by atoms with Crippen LogP contribution in [-0.2, 0) is 14.0 Å². The fraction of sp³-hybridized carbons (Fsp3) is 0.750. The first-order valence-electron chi connectivity index (χ1n) is 2.12. The summed E-state index contributed by atoms with van der Waals surface area (Å²) in [7, 11) is -2.76. The van der Waals surface area contributed by atoms with E-state index in [2.05, 4.69) is 4.72 Å². The lowest BCUT2D eigenvalue weighted by atomic mass is 11.5. The SMILES string of the molecule is CS(C)(C)(=O)NC=O. The number of amides is 1. The van der Waals surface area contributed by atoms with Crippen LogP contribution in [0.15, 0.2) is 0 Å². The molecule has 0 atom stereocenters. The molecule has 1 amide bonds. The van der Waals surface area contributed by atoms with Crippen molar-refractivity contribution in [3.8, 4) is 0 Å². The maximum absolute atomic E-state index is 11.0. The fourth-order valence-electron chi connectivity index (χ4n) is 0.164. The summed E-state index contributed by atoms with van der Waals surface area (Å²) in [6, 6.07) is 0. The highest BCUT2D eigenvalue weighted by Crippen LogP contribution is 2.01. The summed E-state index contributed by atoms with van der Waals surface area (Å²) >= 11 is 0. The van der Waals surface area contributed by atoms with Crippen LogP contribution in [0.2, 0.25) is 0 Å². The Morgan fingerprint density at radius 3 is 1.75 bits per heavy atom. The van der Waals surface area contributed by atoms with Gasteiger partial charge < -0.3 is 0 Å². The Labute approximate surface area is 49.0 Å². The van der Waals surface area contributed by atoms with E-state index in [-0.39, 0.29) is 0 Å². The number of carbonyl (C=O) groups excluding carboxylic acids is 1. The molecule has 0 rings (SSSR count). The lowest BCUT2D eigenvalue weighted by Gasteiger charge is -2.26. The molecule has 0 radical (unpaired) electrons. The van der Waals surface area contributed by atoms with E-state index in [1.165, 1.54) is 18.8 Å². The average molecular weight is 137 g/mol. The van der Waals surface area contributed by atoms with Crippen molar-refractivity contribution in [2.75, 3.05) is 18.8 Å². The second-order valence-electron chi connectivity index (χ2n) is 2.66. The predicted octanol–water partition coefficient (Wildman–Crippen LogP) is -0.643. The van der Waals surface area contributed by atoms with Crippen LogP contribution in [0.25, 0.3) is 0 Å². The molecule has 0 heterocycles. The molecule has 0 fully saturated rings. The highest BCUT2D eigenvalue weighted by Gasteiger charge is 2.13. The van der Waals surface area contributed by atoms with Crippen molar-refractivity contribution in [2.24, 2.45) is 0 Å². The van der Waals surface area contributed by atoms with E-state index in [0.717, 1.165) is 0 Å². The Hall–Kier alpha value is -0.380. The van der Waals surface area contributed by atoms with Gasteiger partial charge in [0, 0.05) is 18.8 Å². The van der Waals surface area contributed by atoms with Crippen molar-refractivity contribution in [3.63, 3.8) is 0 Å². The number of carbonyl (C=O) groups is 1. The zero-order chi connectivity index (χ0) is 6.86. The van der Waals surface area contributed by atoms with Crippen molar-refractivity contribution >= 4 is 15.7 Å². The third-order valence-electron chi connectivity index (χ3n) is 0.450. The first kappa shape index (κ1) is 7.62. The van der Waals surface area contributed by atoms with Gasteiger partial charge in [0.2, 0.25) is 6.41 Å². The molecule has 0 aromatic carbocycles. The Kier molecular flexibility index (Phi) is 1.47. The van der Waals surface area contributed by atoms with Crippen molar-refractivity contribution in [3.05, 3.63) is 0 Å². The molecule has 50 valence electrons. The zero-order valence-electron chi connectivity index (χ0n) is 5.30. The first-order valence-corrected chi connectivity index (χ1v) is 5.31. The van der Waals surface area contributed by atoms with Crippen molar-refractivity contribution in [2.45, 2.75) is 0 Å². The second kappa shape index (κ2) is 1.55. The van der Waals surface area contributed by atoms with Crippen molar-refractivity contribution < 1.29 is 9.00 Å². The highest BCUT2D eigenvalue weighted by molar-refractivity contribution is 8.16. The van der Waals surface area contributed by atoms with E-state index in [0.29, 0.717) is 6.41 Å². The molecule has 0 saturated carbocycles. The normalized spacial score (nSPS) is 16.1. The van der Waals surface area contributed by atoms with Crippen LogP contribution in [0.4, 0.5) is 0 Å². The Balaban J connectivity index is 4.16. The molecule has 0 aliphatic rings. The van der Waals surface area contributed by atoms with Crippen LogP contribution in [0.3, 0.4) is 0 Å². The lowest BCUT2D eigenvalue weighted by molar-refractivity contribution is -0.108. The zero-order valence-corrected chi connectivity index (χ0v) is 6.12. The Morgan fingerprint density at radius 2 is 1.75 bits per heavy atom. The summed E-state index contributed by atoms with van der Waals surface area (Å²) in [5.41, 5.74) is 0.